The summed E-state index contributed by atoms with van der Waals surface area (Å²) in [7, 11) is 0. The molecule has 2 heterocycles. The molecule has 1 N–H and O–H groups in total. The Kier molecular flexibility index (Phi) is 2.67. The number of rotatable bonds is 1. The molecule has 4 heteroatoms. The van der Waals surface area contributed by atoms with Gasteiger partial charge in [-0.25, -0.2) is 0 Å². The van der Waals surface area contributed by atoms with Gasteiger partial charge in [-0.1, -0.05) is 0 Å². The van der Waals surface area contributed by atoms with E-state index >= 15 is 0 Å². The zero-order chi connectivity index (χ0) is 10.8. The van der Waals surface area contributed by atoms with E-state index in [1.165, 1.54) is 5.56 Å². The monoisotopic (exact) mass is 201 g/mol. The van der Waals surface area contributed by atoms with Gasteiger partial charge in [-0.05, 0) is 0 Å². The van der Waals surface area contributed by atoms with Crippen molar-refractivity contribution < 1.29 is 9.59 Å². The molecule has 3 nitrogen and oxygen atoms in total. The number of carbonyl (C=O) groups excluding carboxylic acids is 2. The summed E-state index contributed by atoms with van der Waals surface area (Å²) in [6.45, 7) is 3.96. The van der Waals surface area contributed by atoms with Crippen molar-refractivity contribution >= 4 is 18.7 Å². The van der Waals surface area contributed by atoms with Crippen molar-refractivity contribution in [3.63, 3.8) is 0 Å². The number of aryl methyl sites for hydroxylation is 1. The van der Waals surface area contributed by atoms with E-state index in [9.17, 15) is 9.59 Å². The van der Waals surface area contributed by atoms with Gasteiger partial charge in [-0.2, -0.15) is 0 Å². The molecule has 2 rings (SSSR count). The number of hydrogen-bond donors (Lipinski definition) is 1. The number of nitrogens with one attached hydrogen (secondary N) is 1. The van der Waals surface area contributed by atoms with Crippen molar-refractivity contribution in [1.29, 1.82) is 0 Å². The Labute approximate surface area is 89.1 Å². The van der Waals surface area contributed by atoms with E-state index in [-0.39, 0.29) is 17.7 Å². The molecule has 0 saturated carbocycles. The van der Waals surface area contributed by atoms with Gasteiger partial charge in [-0.15, -0.1) is 0 Å². The van der Waals surface area contributed by atoms with E-state index in [1.54, 1.807) is 0 Å². The van der Waals surface area contributed by atoms with Crippen LogP contribution in [0.4, 0.5) is 0 Å². The van der Waals surface area contributed by atoms with Crippen LogP contribution in [0.3, 0.4) is 0 Å². The predicted molar refractivity (Wildman–Crippen MR) is 57.7 cm³/mol. The summed E-state index contributed by atoms with van der Waals surface area (Å²) in [5.74, 6) is 1.49. The summed E-state index contributed by atoms with van der Waals surface area (Å²) in [5, 5.41) is 2.36. The second-order valence-electron chi connectivity index (χ2n) is 3.91. The third kappa shape index (κ3) is 2.14. The molecule has 1 aromatic heterocycles. The fraction of sp³-hybridized carbons (Fsp3) is 0.364. The molecule has 1 fully saturated rings. The van der Waals surface area contributed by atoms with Crippen LogP contribution in [0.15, 0.2) is 18.1 Å². The number of hydrogen-bond acceptors (Lipinski definition) is 2. The van der Waals surface area contributed by atoms with Crippen molar-refractivity contribution in [2.24, 2.45) is 0 Å². The van der Waals surface area contributed by atoms with Gasteiger partial charge in [0.1, 0.15) is 0 Å². The summed E-state index contributed by atoms with van der Waals surface area (Å²) < 4.78 is 0. The van der Waals surface area contributed by atoms with Gasteiger partial charge in [0, 0.05) is 0 Å². The van der Waals surface area contributed by atoms with Crippen LogP contribution in [0.1, 0.15) is 29.8 Å². The maximum atomic E-state index is 11.6. The molecule has 0 aliphatic carbocycles. The molecule has 1 aliphatic rings. The van der Waals surface area contributed by atoms with Gasteiger partial charge in [0.05, 0.1) is 0 Å². The Morgan fingerprint density at radius 3 is 2.80 bits per heavy atom. The van der Waals surface area contributed by atoms with Crippen LogP contribution in [-0.2, 0) is 9.59 Å². The van der Waals surface area contributed by atoms with Crippen LogP contribution in [0.5, 0.6) is 0 Å². The minimum atomic E-state index is -0.171. The average molecular weight is 201 g/mol. The normalized spacial score (nSPS) is 21.0. The van der Waals surface area contributed by atoms with E-state index in [0.29, 0.717) is 12.8 Å². The van der Waals surface area contributed by atoms with Gasteiger partial charge in [-0.3, -0.25) is 0 Å². The van der Waals surface area contributed by atoms with Gasteiger partial charge in [0.2, 0.25) is 0 Å². The Balaban J connectivity index is 2.20. The molecule has 0 aromatic carbocycles. The summed E-state index contributed by atoms with van der Waals surface area (Å²) >= 11 is 0. The predicted octanol–water partition coefficient (Wildman–Crippen LogP) is 0.853. The van der Waals surface area contributed by atoms with Crippen LogP contribution in [-0.4, -0.2) is 18.7 Å². The zero-order valence-corrected chi connectivity index (χ0v) is 8.62. The van der Waals surface area contributed by atoms with Crippen LogP contribution in [0.2, 0.25) is 0 Å². The molecule has 1 aromatic rings. The first-order valence-corrected chi connectivity index (χ1v) is 5.07. The van der Waals surface area contributed by atoms with Crippen molar-refractivity contribution in [1.82, 2.24) is 5.32 Å². The molecule has 0 spiro atoms. The van der Waals surface area contributed by atoms with Gasteiger partial charge >= 0.3 is 88.4 Å². The van der Waals surface area contributed by atoms with E-state index in [1.807, 2.05) is 31.9 Å². The van der Waals surface area contributed by atoms with Crippen molar-refractivity contribution in [3.05, 3.63) is 29.1 Å². The van der Waals surface area contributed by atoms with Gasteiger partial charge in [0.25, 0.3) is 0 Å². The SMILES string of the molecule is Cc1cbc(C2CCC(=O)NC2=O)cc1. The van der Waals surface area contributed by atoms with Crippen LogP contribution in [0.25, 0.3) is 0 Å². The molecule has 76 valence electrons. The summed E-state index contributed by atoms with van der Waals surface area (Å²) in [5.41, 5.74) is 2.16. The number of amides is 2. The average Bonchev–Trinajstić information content (AvgIpc) is 2.20. The van der Waals surface area contributed by atoms with E-state index in [4.69, 9.17) is 0 Å². The molecular weight excluding hydrogens is 189 g/mol. The van der Waals surface area contributed by atoms with Gasteiger partial charge < -0.3 is 0 Å². The third-order valence-electron chi connectivity index (χ3n) is 2.72. The van der Waals surface area contributed by atoms with Crippen molar-refractivity contribution in [2.75, 3.05) is 0 Å². The Morgan fingerprint density at radius 1 is 1.40 bits per heavy atom. The number of piperidine rings is 1. The molecule has 2 amide bonds. The quantitative estimate of drug-likeness (QED) is 0.684. The van der Waals surface area contributed by atoms with Crippen molar-refractivity contribution in [3.8, 4) is 0 Å². The third-order valence-corrected chi connectivity index (χ3v) is 2.72. The molecule has 15 heavy (non-hydrogen) atoms. The summed E-state index contributed by atoms with van der Waals surface area (Å²) in [4.78, 5) is 22.5. The van der Waals surface area contributed by atoms with E-state index in [0.717, 1.165) is 5.46 Å². The maximum absolute atomic E-state index is 11.6. The second kappa shape index (κ2) is 3.97. The molecular formula is C11H12BNO2. The Morgan fingerprint density at radius 2 is 2.20 bits per heavy atom. The van der Waals surface area contributed by atoms with E-state index < -0.39 is 0 Å². The van der Waals surface area contributed by atoms with Crippen LogP contribution < -0.4 is 5.32 Å². The second-order valence-corrected chi connectivity index (χ2v) is 3.91. The molecule has 0 bridgehead atoms. The molecule has 1 saturated heterocycles. The molecule has 0 radical (unpaired) electrons. The first kappa shape index (κ1) is 10.1. The topological polar surface area (TPSA) is 46.2 Å². The first-order valence-electron chi connectivity index (χ1n) is 5.07. The fourth-order valence-corrected chi connectivity index (χ4v) is 1.81. The summed E-state index contributed by atoms with van der Waals surface area (Å²) in [6.07, 6.45) is 1.05. The zero-order valence-electron chi connectivity index (χ0n) is 8.62. The number of carbonyl (C=O) groups is 2. The standard InChI is InChI=1S/C11H12BNO2/c1-7-2-4-9(12-6-7)8-3-5-10(14)13-11(8)15/h2,4,6,8H,3,5H2,1H3,(H,13,14,15). The Bertz CT molecular complexity index is 400. The van der Waals surface area contributed by atoms with Crippen LogP contribution in [0, 0.1) is 6.92 Å². The Hall–Kier alpha value is -1.45. The first-order chi connectivity index (χ1) is 7.16. The minimum absolute atomic E-state index is 0.164. The van der Waals surface area contributed by atoms with Gasteiger partial charge in [0.15, 0.2) is 0 Å². The summed E-state index contributed by atoms with van der Waals surface area (Å²) in [6, 6.07) is 3.94. The molecule has 1 aliphatic heterocycles. The number of imide groups is 1. The van der Waals surface area contributed by atoms with Crippen LogP contribution >= 0.6 is 0 Å². The van der Waals surface area contributed by atoms with E-state index in [2.05, 4.69) is 5.32 Å². The molecule has 1 atom stereocenters. The molecule has 1 unspecified atom stereocenters. The van der Waals surface area contributed by atoms with Crippen molar-refractivity contribution in [2.45, 2.75) is 25.7 Å². The fourth-order valence-electron chi connectivity index (χ4n) is 1.81.